The van der Waals surface area contributed by atoms with E-state index in [0.29, 0.717) is 12.8 Å². The largest absolute Gasteiger partial charge is 0.480 e. The summed E-state index contributed by atoms with van der Waals surface area (Å²) in [5, 5.41) is 9.11. The summed E-state index contributed by atoms with van der Waals surface area (Å²) in [5.41, 5.74) is 0. The maximum absolute atomic E-state index is 11.9. The molecule has 0 aromatic rings. The molecule has 20 heavy (non-hydrogen) atoms. The highest BCUT2D eigenvalue weighted by molar-refractivity contribution is 5.84. The molecule has 1 heterocycles. The number of likely N-dealkylation sites (tertiary alicyclic amines) is 1. The second kappa shape index (κ2) is 6.92. The lowest BCUT2D eigenvalue weighted by Crippen LogP contribution is -2.51. The first-order chi connectivity index (χ1) is 9.24. The van der Waals surface area contributed by atoms with Gasteiger partial charge in [-0.05, 0) is 18.8 Å². The Kier molecular flexibility index (Phi) is 5.79. The van der Waals surface area contributed by atoms with Crippen molar-refractivity contribution >= 4 is 11.9 Å². The summed E-state index contributed by atoms with van der Waals surface area (Å²) in [5.74, 6) is -1.63. The predicted molar refractivity (Wildman–Crippen MR) is 63.0 cm³/mol. The van der Waals surface area contributed by atoms with Crippen molar-refractivity contribution in [2.24, 2.45) is 5.92 Å². The van der Waals surface area contributed by atoms with E-state index < -0.39 is 37.3 Å². The number of carboxylic acids is 1. The number of carboxylic acid groups (broad SMARTS) is 1. The quantitative estimate of drug-likeness (QED) is 0.838. The van der Waals surface area contributed by atoms with Crippen molar-refractivity contribution in [3.05, 3.63) is 0 Å². The van der Waals surface area contributed by atoms with Gasteiger partial charge in [-0.2, -0.15) is 13.2 Å². The van der Waals surface area contributed by atoms with Gasteiger partial charge in [-0.1, -0.05) is 13.3 Å². The fraction of sp³-hybridized carbons (Fsp3) is 0.833. The van der Waals surface area contributed by atoms with Crippen LogP contribution in [0.25, 0.3) is 0 Å². The first-order valence-electron chi connectivity index (χ1n) is 6.41. The van der Waals surface area contributed by atoms with Gasteiger partial charge in [0.15, 0.2) is 0 Å². The van der Waals surface area contributed by atoms with Crippen molar-refractivity contribution in [3.63, 3.8) is 0 Å². The van der Waals surface area contributed by atoms with Gasteiger partial charge >= 0.3 is 12.1 Å². The summed E-state index contributed by atoms with van der Waals surface area (Å²) in [4.78, 5) is 24.0. The number of halogens is 3. The van der Waals surface area contributed by atoms with Crippen molar-refractivity contribution in [2.75, 3.05) is 19.8 Å². The molecule has 0 spiro atoms. The molecule has 0 aromatic heterocycles. The van der Waals surface area contributed by atoms with Crippen LogP contribution in [0, 0.1) is 5.92 Å². The number of carbonyl (C=O) groups excluding carboxylic acids is 1. The van der Waals surface area contributed by atoms with Gasteiger partial charge < -0.3 is 14.7 Å². The maximum atomic E-state index is 11.9. The Labute approximate surface area is 114 Å². The number of hydrogen-bond acceptors (Lipinski definition) is 3. The molecule has 0 bridgehead atoms. The van der Waals surface area contributed by atoms with E-state index in [2.05, 4.69) is 4.74 Å². The van der Waals surface area contributed by atoms with Gasteiger partial charge in [-0.3, -0.25) is 4.79 Å². The Morgan fingerprint density at radius 2 is 2.05 bits per heavy atom. The molecule has 116 valence electrons. The van der Waals surface area contributed by atoms with E-state index >= 15 is 0 Å². The van der Waals surface area contributed by atoms with E-state index in [-0.39, 0.29) is 12.5 Å². The topological polar surface area (TPSA) is 66.8 Å². The molecule has 1 rings (SSSR count). The zero-order valence-corrected chi connectivity index (χ0v) is 11.2. The number of hydrogen-bond donors (Lipinski definition) is 1. The lowest BCUT2D eigenvalue weighted by molar-refractivity contribution is -0.180. The standard InChI is InChI=1S/C12H18F3NO4/c1-2-8-3-4-16(9(5-8)11(18)19)10(17)6-20-7-12(13,14)15/h8-9H,2-7H2,1H3,(H,18,19). The average molecular weight is 297 g/mol. The summed E-state index contributed by atoms with van der Waals surface area (Å²) in [6.45, 7) is -0.0842. The summed E-state index contributed by atoms with van der Waals surface area (Å²) in [6.07, 6.45) is -2.69. The second-order valence-electron chi connectivity index (χ2n) is 4.85. The Morgan fingerprint density at radius 3 is 2.55 bits per heavy atom. The second-order valence-corrected chi connectivity index (χ2v) is 4.85. The number of piperidine rings is 1. The molecule has 1 aliphatic rings. The van der Waals surface area contributed by atoms with Gasteiger partial charge in [0.25, 0.3) is 0 Å². The smallest absolute Gasteiger partial charge is 0.411 e. The molecular formula is C12H18F3NO4. The van der Waals surface area contributed by atoms with E-state index in [9.17, 15) is 22.8 Å². The van der Waals surface area contributed by atoms with Crippen LogP contribution in [-0.2, 0) is 14.3 Å². The highest BCUT2D eigenvalue weighted by Crippen LogP contribution is 2.25. The summed E-state index contributed by atoms with van der Waals surface area (Å²) >= 11 is 0. The Balaban J connectivity index is 2.54. The van der Waals surface area contributed by atoms with E-state index in [4.69, 9.17) is 5.11 Å². The number of ether oxygens (including phenoxy) is 1. The number of amides is 1. The van der Waals surface area contributed by atoms with Crippen LogP contribution in [-0.4, -0.2) is 53.9 Å². The summed E-state index contributed by atoms with van der Waals surface area (Å²) in [6, 6.07) is -0.976. The van der Waals surface area contributed by atoms with Crippen molar-refractivity contribution in [3.8, 4) is 0 Å². The van der Waals surface area contributed by atoms with Crippen LogP contribution < -0.4 is 0 Å². The maximum Gasteiger partial charge on any atom is 0.411 e. The van der Waals surface area contributed by atoms with Crippen LogP contribution in [0.15, 0.2) is 0 Å². The molecule has 2 unspecified atom stereocenters. The highest BCUT2D eigenvalue weighted by Gasteiger charge is 2.36. The molecule has 5 nitrogen and oxygen atoms in total. The SMILES string of the molecule is CCC1CCN(C(=O)COCC(F)(F)F)C(C(=O)O)C1. The fourth-order valence-corrected chi connectivity index (χ4v) is 2.28. The minimum atomic E-state index is -4.50. The van der Waals surface area contributed by atoms with E-state index in [1.165, 1.54) is 0 Å². The lowest BCUT2D eigenvalue weighted by atomic mass is 9.89. The summed E-state index contributed by atoms with van der Waals surface area (Å²) in [7, 11) is 0. The van der Waals surface area contributed by atoms with Crippen LogP contribution in [0.1, 0.15) is 26.2 Å². The Bertz CT molecular complexity index is 359. The highest BCUT2D eigenvalue weighted by atomic mass is 19.4. The molecule has 2 atom stereocenters. The Morgan fingerprint density at radius 1 is 1.40 bits per heavy atom. The normalized spacial score (nSPS) is 23.7. The van der Waals surface area contributed by atoms with Crippen molar-refractivity contribution < 1.29 is 32.6 Å². The first-order valence-corrected chi connectivity index (χ1v) is 6.41. The number of alkyl halides is 3. The molecule has 0 aliphatic carbocycles. The van der Waals surface area contributed by atoms with Crippen molar-refractivity contribution in [1.29, 1.82) is 0 Å². The third kappa shape index (κ3) is 4.99. The molecule has 1 N–H and O–H groups in total. The van der Waals surface area contributed by atoms with E-state index in [0.717, 1.165) is 11.3 Å². The van der Waals surface area contributed by atoms with Gasteiger partial charge in [-0.25, -0.2) is 4.79 Å². The Hall–Kier alpha value is -1.31. The zero-order chi connectivity index (χ0) is 15.3. The molecule has 8 heteroatoms. The molecule has 0 radical (unpaired) electrons. The zero-order valence-electron chi connectivity index (χ0n) is 11.2. The van der Waals surface area contributed by atoms with Gasteiger partial charge in [0.1, 0.15) is 19.3 Å². The lowest BCUT2D eigenvalue weighted by Gasteiger charge is -2.36. The molecule has 0 aromatic carbocycles. The number of nitrogens with zero attached hydrogens (tertiary/aromatic N) is 1. The molecule has 1 fully saturated rings. The number of aliphatic carboxylic acids is 1. The third-order valence-electron chi connectivity index (χ3n) is 3.39. The van der Waals surface area contributed by atoms with Crippen LogP contribution in [0.3, 0.4) is 0 Å². The number of carbonyl (C=O) groups is 2. The fourth-order valence-electron chi connectivity index (χ4n) is 2.28. The van der Waals surface area contributed by atoms with Crippen LogP contribution in [0.2, 0.25) is 0 Å². The average Bonchev–Trinajstić information content (AvgIpc) is 2.36. The van der Waals surface area contributed by atoms with Crippen molar-refractivity contribution in [2.45, 2.75) is 38.4 Å². The van der Waals surface area contributed by atoms with Gasteiger partial charge in [-0.15, -0.1) is 0 Å². The third-order valence-corrected chi connectivity index (χ3v) is 3.39. The van der Waals surface area contributed by atoms with Gasteiger partial charge in [0.2, 0.25) is 5.91 Å². The summed E-state index contributed by atoms with van der Waals surface area (Å²) < 4.78 is 40.0. The van der Waals surface area contributed by atoms with Crippen LogP contribution >= 0.6 is 0 Å². The molecular weight excluding hydrogens is 279 g/mol. The first kappa shape index (κ1) is 16.7. The minimum Gasteiger partial charge on any atom is -0.480 e. The van der Waals surface area contributed by atoms with Crippen molar-refractivity contribution in [1.82, 2.24) is 4.90 Å². The molecule has 1 amide bonds. The molecule has 1 aliphatic heterocycles. The predicted octanol–water partition coefficient (Wildman–Crippen LogP) is 1.67. The van der Waals surface area contributed by atoms with Gasteiger partial charge in [0, 0.05) is 6.54 Å². The van der Waals surface area contributed by atoms with Gasteiger partial charge in [0.05, 0.1) is 0 Å². The van der Waals surface area contributed by atoms with Crippen LogP contribution in [0.5, 0.6) is 0 Å². The molecule has 0 saturated carbocycles. The molecule has 1 saturated heterocycles. The number of rotatable bonds is 5. The minimum absolute atomic E-state index is 0.219. The van der Waals surface area contributed by atoms with E-state index in [1.54, 1.807) is 0 Å². The van der Waals surface area contributed by atoms with E-state index in [1.807, 2.05) is 6.92 Å². The monoisotopic (exact) mass is 297 g/mol. The van der Waals surface area contributed by atoms with Crippen LogP contribution in [0.4, 0.5) is 13.2 Å².